The molecule has 0 aliphatic heterocycles. The molecule has 25 heavy (non-hydrogen) atoms. The zero-order valence-electron chi connectivity index (χ0n) is 14.0. The Morgan fingerprint density at radius 2 is 1.80 bits per heavy atom. The minimum absolute atomic E-state index is 0.282. The van der Waals surface area contributed by atoms with Crippen molar-refractivity contribution in [3.05, 3.63) is 56.0 Å². The molecular formula is C19H20BrCl2NO2. The monoisotopic (exact) mass is 443 g/mol. The lowest BCUT2D eigenvalue weighted by Crippen LogP contribution is -2.15. The molecule has 0 heterocycles. The summed E-state index contributed by atoms with van der Waals surface area (Å²) in [5, 5.41) is 4.70. The van der Waals surface area contributed by atoms with E-state index in [9.17, 15) is 0 Å². The van der Waals surface area contributed by atoms with Crippen molar-refractivity contribution in [1.82, 2.24) is 5.32 Å². The minimum Gasteiger partial charge on any atom is -0.490 e. The summed E-state index contributed by atoms with van der Waals surface area (Å²) in [5.41, 5.74) is 1.92. The summed E-state index contributed by atoms with van der Waals surface area (Å²) >= 11 is 16.1. The van der Waals surface area contributed by atoms with Crippen LogP contribution in [-0.4, -0.2) is 12.6 Å². The van der Waals surface area contributed by atoms with Gasteiger partial charge in [0.25, 0.3) is 0 Å². The average molecular weight is 445 g/mol. The lowest BCUT2D eigenvalue weighted by molar-refractivity contribution is 0.269. The molecule has 0 radical (unpaired) electrons. The fourth-order valence-corrected chi connectivity index (χ4v) is 3.42. The maximum absolute atomic E-state index is 6.22. The number of benzene rings is 2. The standard InChI is InChI=1S/C19H20BrCl2NO2/c1-2-24-18-8-12(10-23-13-6-7-13)15(20)9-19(18)25-11-14-16(21)4-3-5-17(14)22/h3-5,8-9,13,23H,2,6-7,10-11H2,1H3. The summed E-state index contributed by atoms with van der Waals surface area (Å²) in [6.45, 7) is 3.62. The Morgan fingerprint density at radius 1 is 1.12 bits per heavy atom. The maximum Gasteiger partial charge on any atom is 0.162 e. The zero-order chi connectivity index (χ0) is 17.8. The highest BCUT2D eigenvalue weighted by Crippen LogP contribution is 2.36. The smallest absolute Gasteiger partial charge is 0.162 e. The highest BCUT2D eigenvalue weighted by Gasteiger charge is 2.21. The van der Waals surface area contributed by atoms with E-state index in [1.165, 1.54) is 12.8 Å². The van der Waals surface area contributed by atoms with Gasteiger partial charge in [0.05, 0.1) is 6.61 Å². The van der Waals surface area contributed by atoms with E-state index in [4.69, 9.17) is 32.7 Å². The largest absolute Gasteiger partial charge is 0.490 e. The molecule has 0 unspecified atom stereocenters. The van der Waals surface area contributed by atoms with Crippen LogP contribution < -0.4 is 14.8 Å². The van der Waals surface area contributed by atoms with Crippen LogP contribution in [0.3, 0.4) is 0 Å². The van der Waals surface area contributed by atoms with Gasteiger partial charge in [-0.1, -0.05) is 45.2 Å². The van der Waals surface area contributed by atoms with Crippen LogP contribution in [0.5, 0.6) is 11.5 Å². The summed E-state index contributed by atoms with van der Waals surface area (Å²) in [6.07, 6.45) is 2.52. The molecule has 0 bridgehead atoms. The zero-order valence-corrected chi connectivity index (χ0v) is 17.0. The summed E-state index contributed by atoms with van der Waals surface area (Å²) in [4.78, 5) is 0. The second kappa shape index (κ2) is 8.63. The van der Waals surface area contributed by atoms with E-state index >= 15 is 0 Å². The van der Waals surface area contributed by atoms with Crippen LogP contribution in [0.2, 0.25) is 10.0 Å². The molecule has 3 nitrogen and oxygen atoms in total. The molecule has 0 saturated heterocycles. The third-order valence-electron chi connectivity index (χ3n) is 4.00. The van der Waals surface area contributed by atoms with E-state index in [2.05, 4.69) is 21.2 Å². The third kappa shape index (κ3) is 5.04. The first kappa shape index (κ1) is 18.8. The Morgan fingerprint density at radius 3 is 2.44 bits per heavy atom. The van der Waals surface area contributed by atoms with Gasteiger partial charge in [-0.2, -0.15) is 0 Å². The van der Waals surface area contributed by atoms with Crippen molar-refractivity contribution in [1.29, 1.82) is 0 Å². The number of ether oxygens (including phenoxy) is 2. The molecule has 1 N–H and O–H groups in total. The molecular weight excluding hydrogens is 425 g/mol. The van der Waals surface area contributed by atoms with Gasteiger partial charge < -0.3 is 14.8 Å². The number of halogens is 3. The Balaban J connectivity index is 1.77. The molecule has 3 rings (SSSR count). The molecule has 1 saturated carbocycles. The summed E-state index contributed by atoms with van der Waals surface area (Å²) < 4.78 is 12.7. The predicted molar refractivity (Wildman–Crippen MR) is 106 cm³/mol. The first-order valence-corrected chi connectivity index (χ1v) is 9.87. The van der Waals surface area contributed by atoms with Gasteiger partial charge in [0.1, 0.15) is 6.61 Å². The van der Waals surface area contributed by atoms with Gasteiger partial charge in [0.15, 0.2) is 11.5 Å². The van der Waals surface area contributed by atoms with E-state index in [0.29, 0.717) is 28.4 Å². The van der Waals surface area contributed by atoms with Crippen LogP contribution >= 0.6 is 39.1 Å². The quantitative estimate of drug-likeness (QED) is 0.542. The van der Waals surface area contributed by atoms with Crippen molar-refractivity contribution < 1.29 is 9.47 Å². The van der Waals surface area contributed by atoms with Gasteiger partial charge in [0.2, 0.25) is 0 Å². The number of nitrogens with one attached hydrogen (secondary N) is 1. The second-order valence-electron chi connectivity index (χ2n) is 5.97. The normalized spacial score (nSPS) is 13.8. The lowest BCUT2D eigenvalue weighted by atomic mass is 10.2. The third-order valence-corrected chi connectivity index (χ3v) is 5.45. The number of hydrogen-bond donors (Lipinski definition) is 1. The number of hydrogen-bond acceptors (Lipinski definition) is 3. The molecule has 1 fully saturated rings. The Hall–Kier alpha value is -0.940. The van der Waals surface area contributed by atoms with Crippen molar-refractivity contribution in [2.45, 2.75) is 39.0 Å². The molecule has 1 aliphatic carbocycles. The number of rotatable bonds is 8. The van der Waals surface area contributed by atoms with Gasteiger partial charge in [-0.25, -0.2) is 0 Å². The van der Waals surface area contributed by atoms with Crippen molar-refractivity contribution >= 4 is 39.1 Å². The minimum atomic E-state index is 0.282. The molecule has 2 aromatic rings. The first-order valence-electron chi connectivity index (χ1n) is 8.32. The van der Waals surface area contributed by atoms with E-state index in [-0.39, 0.29) is 6.61 Å². The van der Waals surface area contributed by atoms with E-state index in [0.717, 1.165) is 27.9 Å². The molecule has 0 amide bonds. The van der Waals surface area contributed by atoms with Gasteiger partial charge >= 0.3 is 0 Å². The first-order chi connectivity index (χ1) is 12.1. The predicted octanol–water partition coefficient (Wildman–Crippen LogP) is 5.99. The lowest BCUT2D eigenvalue weighted by Gasteiger charge is -2.16. The summed E-state index contributed by atoms with van der Waals surface area (Å²) in [6, 6.07) is 10.0. The van der Waals surface area contributed by atoms with E-state index in [1.807, 2.05) is 25.1 Å². The van der Waals surface area contributed by atoms with Gasteiger partial charge in [-0.05, 0) is 49.6 Å². The van der Waals surface area contributed by atoms with E-state index < -0.39 is 0 Å². The topological polar surface area (TPSA) is 30.5 Å². The molecule has 2 aromatic carbocycles. The van der Waals surface area contributed by atoms with Gasteiger partial charge in [-0.3, -0.25) is 0 Å². The highest BCUT2D eigenvalue weighted by atomic mass is 79.9. The highest BCUT2D eigenvalue weighted by molar-refractivity contribution is 9.10. The van der Waals surface area contributed by atoms with Crippen LogP contribution in [0.4, 0.5) is 0 Å². The van der Waals surface area contributed by atoms with Crippen LogP contribution in [0.25, 0.3) is 0 Å². The second-order valence-corrected chi connectivity index (χ2v) is 7.64. The Labute approximate surface area is 166 Å². The SMILES string of the molecule is CCOc1cc(CNC2CC2)c(Br)cc1OCc1c(Cl)cccc1Cl. The van der Waals surface area contributed by atoms with Crippen LogP contribution in [0.1, 0.15) is 30.9 Å². The maximum atomic E-state index is 6.22. The molecule has 0 atom stereocenters. The van der Waals surface area contributed by atoms with Crippen molar-refractivity contribution in [2.24, 2.45) is 0 Å². The van der Waals surface area contributed by atoms with Crippen LogP contribution in [0, 0.1) is 0 Å². The van der Waals surface area contributed by atoms with E-state index in [1.54, 1.807) is 12.1 Å². The molecule has 134 valence electrons. The Bertz CT molecular complexity index is 730. The van der Waals surface area contributed by atoms with Gasteiger partial charge in [0, 0.05) is 32.7 Å². The fraction of sp³-hybridized carbons (Fsp3) is 0.368. The molecule has 1 aliphatic rings. The summed E-state index contributed by atoms with van der Waals surface area (Å²) in [7, 11) is 0. The average Bonchev–Trinajstić information content (AvgIpc) is 3.40. The fourth-order valence-electron chi connectivity index (χ4n) is 2.46. The van der Waals surface area contributed by atoms with Crippen molar-refractivity contribution in [3.8, 4) is 11.5 Å². The summed E-state index contributed by atoms with van der Waals surface area (Å²) in [5.74, 6) is 1.39. The van der Waals surface area contributed by atoms with Gasteiger partial charge in [-0.15, -0.1) is 0 Å². The molecule has 0 aromatic heterocycles. The Kier molecular flexibility index (Phi) is 6.50. The van der Waals surface area contributed by atoms with Crippen LogP contribution in [0.15, 0.2) is 34.8 Å². The van der Waals surface area contributed by atoms with Crippen LogP contribution in [-0.2, 0) is 13.2 Å². The molecule has 6 heteroatoms. The molecule has 0 spiro atoms. The van der Waals surface area contributed by atoms with Crippen molar-refractivity contribution in [3.63, 3.8) is 0 Å². The van der Waals surface area contributed by atoms with Crippen molar-refractivity contribution in [2.75, 3.05) is 6.61 Å².